The van der Waals surface area contributed by atoms with Gasteiger partial charge in [0, 0.05) is 24.7 Å². The van der Waals surface area contributed by atoms with E-state index >= 15 is 0 Å². The Labute approximate surface area is 139 Å². The van der Waals surface area contributed by atoms with Crippen molar-refractivity contribution in [1.29, 1.82) is 0 Å². The number of pyridine rings is 1. The van der Waals surface area contributed by atoms with Gasteiger partial charge in [0.2, 0.25) is 11.8 Å². The van der Waals surface area contributed by atoms with Crippen LogP contribution in [0.1, 0.15) is 32.4 Å². The number of carboxylic acid groups (broad SMARTS) is 1. The fraction of sp³-hybridized carbons (Fsp3) is 0.500. The number of aromatic nitrogens is 1. The first-order chi connectivity index (χ1) is 11.0. The van der Waals surface area contributed by atoms with Gasteiger partial charge in [-0.3, -0.25) is 14.4 Å². The Balaban J connectivity index is 2.88. The van der Waals surface area contributed by atoms with Crippen LogP contribution in [0.15, 0.2) is 23.0 Å². The van der Waals surface area contributed by atoms with Gasteiger partial charge in [-0.15, -0.1) is 0 Å². The molecule has 1 rings (SSSR count). The Morgan fingerprint density at radius 2 is 1.96 bits per heavy atom. The number of hydrogen-bond acceptors (Lipinski definition) is 4. The lowest BCUT2D eigenvalue weighted by Gasteiger charge is -2.27. The van der Waals surface area contributed by atoms with Crippen molar-refractivity contribution in [2.45, 2.75) is 46.2 Å². The van der Waals surface area contributed by atoms with Crippen LogP contribution in [0.25, 0.3) is 0 Å². The SMILES string of the molecule is Cc1cccc(=O)n1CC(C)(C)C(=O)NC(CCC(N)=O)C(=O)O. The highest BCUT2D eigenvalue weighted by atomic mass is 16.4. The Bertz CT molecular complexity index is 693. The summed E-state index contributed by atoms with van der Waals surface area (Å²) in [6.45, 7) is 5.09. The van der Waals surface area contributed by atoms with Crippen LogP contribution in [-0.4, -0.2) is 33.5 Å². The second kappa shape index (κ2) is 7.76. The molecular weight excluding hydrogens is 314 g/mol. The van der Waals surface area contributed by atoms with Gasteiger partial charge in [0.05, 0.1) is 5.41 Å². The maximum absolute atomic E-state index is 12.4. The normalized spacial score (nSPS) is 12.5. The van der Waals surface area contributed by atoms with Crippen molar-refractivity contribution < 1.29 is 19.5 Å². The van der Waals surface area contributed by atoms with Crippen LogP contribution in [-0.2, 0) is 20.9 Å². The van der Waals surface area contributed by atoms with Crippen molar-refractivity contribution in [2.24, 2.45) is 11.1 Å². The smallest absolute Gasteiger partial charge is 0.326 e. The molecule has 1 aromatic rings. The number of aryl methyl sites for hydroxylation is 1. The van der Waals surface area contributed by atoms with E-state index in [1.165, 1.54) is 10.6 Å². The van der Waals surface area contributed by atoms with Gasteiger partial charge in [-0.05, 0) is 33.3 Å². The molecule has 0 radical (unpaired) electrons. The Morgan fingerprint density at radius 3 is 2.46 bits per heavy atom. The van der Waals surface area contributed by atoms with E-state index in [0.29, 0.717) is 5.69 Å². The average Bonchev–Trinajstić information content (AvgIpc) is 2.46. The van der Waals surface area contributed by atoms with Gasteiger partial charge >= 0.3 is 5.97 Å². The molecule has 0 bridgehead atoms. The molecule has 4 N–H and O–H groups in total. The van der Waals surface area contributed by atoms with Crippen molar-refractivity contribution in [3.8, 4) is 0 Å². The number of nitrogens with zero attached hydrogens (tertiary/aromatic N) is 1. The molecule has 0 saturated heterocycles. The minimum absolute atomic E-state index is 0.0865. The van der Waals surface area contributed by atoms with Crippen LogP contribution >= 0.6 is 0 Å². The fourth-order valence-corrected chi connectivity index (χ4v) is 2.19. The van der Waals surface area contributed by atoms with Gasteiger partial charge in [0.1, 0.15) is 6.04 Å². The minimum Gasteiger partial charge on any atom is -0.480 e. The van der Waals surface area contributed by atoms with E-state index in [0.717, 1.165) is 0 Å². The number of carbonyl (C=O) groups is 3. The van der Waals surface area contributed by atoms with Crippen molar-refractivity contribution in [3.05, 3.63) is 34.2 Å². The molecule has 0 saturated carbocycles. The van der Waals surface area contributed by atoms with Crippen LogP contribution < -0.4 is 16.6 Å². The quantitative estimate of drug-likeness (QED) is 0.615. The van der Waals surface area contributed by atoms with Crippen LogP contribution in [0, 0.1) is 12.3 Å². The van der Waals surface area contributed by atoms with Crippen LogP contribution in [0.4, 0.5) is 0 Å². The maximum Gasteiger partial charge on any atom is 0.326 e. The minimum atomic E-state index is -1.24. The molecule has 1 unspecified atom stereocenters. The summed E-state index contributed by atoms with van der Waals surface area (Å²) in [6, 6.07) is 3.57. The molecule has 1 heterocycles. The number of nitrogens with one attached hydrogen (secondary N) is 1. The molecule has 0 aliphatic heterocycles. The van der Waals surface area contributed by atoms with Crippen molar-refractivity contribution in [2.75, 3.05) is 0 Å². The zero-order chi connectivity index (χ0) is 18.5. The highest BCUT2D eigenvalue weighted by Crippen LogP contribution is 2.19. The average molecular weight is 337 g/mol. The summed E-state index contributed by atoms with van der Waals surface area (Å²) in [4.78, 5) is 46.4. The number of aliphatic carboxylic acids is 1. The molecule has 0 spiro atoms. The van der Waals surface area contributed by atoms with Crippen molar-refractivity contribution >= 4 is 17.8 Å². The Kier molecular flexibility index (Phi) is 6.27. The van der Waals surface area contributed by atoms with E-state index in [4.69, 9.17) is 10.8 Å². The van der Waals surface area contributed by atoms with E-state index in [-0.39, 0.29) is 24.9 Å². The number of amides is 2. The summed E-state index contributed by atoms with van der Waals surface area (Å²) in [6.07, 6.45) is -0.230. The lowest BCUT2D eigenvalue weighted by atomic mass is 9.91. The van der Waals surface area contributed by atoms with Crippen LogP contribution in [0.3, 0.4) is 0 Å². The molecule has 8 nitrogen and oxygen atoms in total. The Hall–Kier alpha value is -2.64. The monoisotopic (exact) mass is 337 g/mol. The van der Waals surface area contributed by atoms with Gasteiger partial charge in [0.25, 0.3) is 5.56 Å². The van der Waals surface area contributed by atoms with E-state index < -0.39 is 29.2 Å². The largest absolute Gasteiger partial charge is 0.480 e. The molecular formula is C16H23N3O5. The number of carboxylic acids is 1. The first-order valence-electron chi connectivity index (χ1n) is 7.53. The third kappa shape index (κ3) is 5.22. The highest BCUT2D eigenvalue weighted by Gasteiger charge is 2.32. The summed E-state index contributed by atoms with van der Waals surface area (Å²) < 4.78 is 1.46. The van der Waals surface area contributed by atoms with Gasteiger partial charge < -0.3 is 20.7 Å². The van der Waals surface area contributed by atoms with E-state index in [1.54, 1.807) is 32.9 Å². The summed E-state index contributed by atoms with van der Waals surface area (Å²) in [7, 11) is 0. The zero-order valence-corrected chi connectivity index (χ0v) is 14.0. The van der Waals surface area contributed by atoms with Crippen LogP contribution in [0.2, 0.25) is 0 Å². The molecule has 1 aromatic heterocycles. The molecule has 0 aliphatic rings. The molecule has 8 heteroatoms. The van der Waals surface area contributed by atoms with Crippen molar-refractivity contribution in [3.63, 3.8) is 0 Å². The maximum atomic E-state index is 12.4. The third-order valence-corrected chi connectivity index (χ3v) is 3.72. The molecule has 24 heavy (non-hydrogen) atoms. The second-order valence-corrected chi connectivity index (χ2v) is 6.34. The predicted octanol–water partition coefficient (Wildman–Crippen LogP) is 0.0178. The van der Waals surface area contributed by atoms with E-state index in [2.05, 4.69) is 5.32 Å². The number of nitrogens with two attached hydrogens (primary N) is 1. The van der Waals surface area contributed by atoms with Crippen LogP contribution in [0.5, 0.6) is 0 Å². The second-order valence-electron chi connectivity index (χ2n) is 6.34. The Morgan fingerprint density at radius 1 is 1.33 bits per heavy atom. The summed E-state index contributed by atoms with van der Waals surface area (Å²) in [5.41, 5.74) is 4.46. The van der Waals surface area contributed by atoms with Gasteiger partial charge in [-0.2, -0.15) is 0 Å². The molecule has 0 aliphatic carbocycles. The lowest BCUT2D eigenvalue weighted by molar-refractivity contribution is -0.144. The lowest BCUT2D eigenvalue weighted by Crippen LogP contribution is -2.49. The third-order valence-electron chi connectivity index (χ3n) is 3.72. The zero-order valence-electron chi connectivity index (χ0n) is 14.0. The number of rotatable bonds is 8. The number of primary amides is 1. The standard InChI is InChI=1S/C16H23N3O5/c1-10-5-4-6-13(21)19(10)9-16(2,3)15(24)18-11(14(22)23)7-8-12(17)20/h4-6,11H,7-9H2,1-3H3,(H2,17,20)(H,18,24)(H,22,23). The molecule has 2 amide bonds. The molecule has 132 valence electrons. The van der Waals surface area contributed by atoms with Gasteiger partial charge in [-0.1, -0.05) is 6.07 Å². The van der Waals surface area contributed by atoms with E-state index in [9.17, 15) is 19.2 Å². The first kappa shape index (κ1) is 19.4. The molecule has 0 aromatic carbocycles. The summed E-state index contributed by atoms with van der Waals surface area (Å²) >= 11 is 0. The predicted molar refractivity (Wildman–Crippen MR) is 87.2 cm³/mol. The highest BCUT2D eigenvalue weighted by molar-refractivity contribution is 5.87. The van der Waals surface area contributed by atoms with E-state index in [1.807, 2.05) is 0 Å². The van der Waals surface area contributed by atoms with Crippen molar-refractivity contribution in [1.82, 2.24) is 9.88 Å². The molecule has 0 fully saturated rings. The van der Waals surface area contributed by atoms with Gasteiger partial charge in [-0.25, -0.2) is 4.79 Å². The molecule has 1 atom stereocenters. The topological polar surface area (TPSA) is 131 Å². The van der Waals surface area contributed by atoms with Gasteiger partial charge in [0.15, 0.2) is 0 Å². The fourth-order valence-electron chi connectivity index (χ4n) is 2.19. The first-order valence-corrected chi connectivity index (χ1v) is 7.53. The summed E-state index contributed by atoms with van der Waals surface area (Å²) in [5.74, 6) is -2.40. The number of hydrogen-bond donors (Lipinski definition) is 3. The summed E-state index contributed by atoms with van der Waals surface area (Å²) in [5, 5.41) is 11.6. The number of carbonyl (C=O) groups excluding carboxylic acids is 2.